The quantitative estimate of drug-likeness (QED) is 0.156. The Morgan fingerprint density at radius 1 is 0.627 bits per heavy atom. The molecule has 0 spiro atoms. The zero-order valence-corrected chi connectivity index (χ0v) is 35.0. The van der Waals surface area contributed by atoms with Gasteiger partial charge in [0.15, 0.2) is 0 Å². The fourth-order valence-electron chi connectivity index (χ4n) is 8.43. The van der Waals surface area contributed by atoms with Crippen LogP contribution in [0, 0.1) is 6.07 Å². The van der Waals surface area contributed by atoms with Gasteiger partial charge >= 0.3 is 21.1 Å². The van der Waals surface area contributed by atoms with Gasteiger partial charge in [-0.1, -0.05) is 147 Å². The van der Waals surface area contributed by atoms with Crippen LogP contribution in [-0.2, 0) is 32.9 Å². The predicted molar refractivity (Wildman–Crippen MR) is 239 cm³/mol. The van der Waals surface area contributed by atoms with Gasteiger partial charge in [-0.15, -0.1) is 34.8 Å². The summed E-state index contributed by atoms with van der Waals surface area (Å²) >= 11 is 0. The summed E-state index contributed by atoms with van der Waals surface area (Å²) in [6, 6.07) is 59.1. The Balaban J connectivity index is 0.00000445. The first kappa shape index (κ1) is 34.5. The molecular formula is C53H39N5Pt. The number of benzene rings is 7. The number of aromatic nitrogens is 5. The van der Waals surface area contributed by atoms with E-state index in [2.05, 4.69) is 139 Å². The third kappa shape index (κ3) is 6.20. The summed E-state index contributed by atoms with van der Waals surface area (Å²) in [4.78, 5) is 15.6. The standard InChI is InChI=1S/C53H39N5.Pt/c1-53(2,3)37-28-29-54-49(33-37)58-46-27-24-35(30-34-14-6-4-7-15-34)31-44(46)41-26-25-36(32-48(41)58)39-19-13-23-47-51(39)56-52(57(47)38-16-8-5-9-17-38)43-21-12-20-42-40-18-10-11-22-45(40)55-50(42)43;/h4-29,31,33H,30H2,1-3H3;/q-2;+2/i30D2;. The van der Waals surface area contributed by atoms with Gasteiger partial charge in [-0.2, -0.15) is 0 Å². The Bertz CT molecular complexity index is 3450. The summed E-state index contributed by atoms with van der Waals surface area (Å²) in [5, 5.41) is 4.13. The molecule has 59 heavy (non-hydrogen) atoms. The minimum absolute atomic E-state index is 0. The molecule has 0 unspecified atom stereocenters. The first-order valence-electron chi connectivity index (χ1n) is 20.7. The van der Waals surface area contributed by atoms with Gasteiger partial charge in [0.2, 0.25) is 0 Å². The van der Waals surface area contributed by atoms with E-state index in [0.717, 1.165) is 88.7 Å². The molecule has 0 fully saturated rings. The fraction of sp³-hybridized carbons (Fsp3) is 0.0943. The molecule has 0 amide bonds. The molecule has 4 heterocycles. The van der Waals surface area contributed by atoms with Gasteiger partial charge in [0.1, 0.15) is 11.6 Å². The van der Waals surface area contributed by atoms with Crippen LogP contribution in [0.2, 0.25) is 0 Å². The van der Waals surface area contributed by atoms with E-state index in [1.54, 1.807) is 0 Å². The molecule has 286 valence electrons. The zero-order valence-electron chi connectivity index (χ0n) is 34.7. The average Bonchev–Trinajstić information content (AvgIpc) is 3.96. The van der Waals surface area contributed by atoms with E-state index in [9.17, 15) is 2.74 Å². The summed E-state index contributed by atoms with van der Waals surface area (Å²) in [6.45, 7) is 6.63. The molecule has 7 aromatic carbocycles. The van der Waals surface area contributed by atoms with Gasteiger partial charge in [-0.3, -0.25) is 4.57 Å². The van der Waals surface area contributed by atoms with Crippen LogP contribution >= 0.6 is 0 Å². The minimum atomic E-state index is -1.70. The zero-order chi connectivity index (χ0) is 40.8. The number of para-hydroxylation sites is 4. The van der Waals surface area contributed by atoms with E-state index in [1.807, 2.05) is 66.9 Å². The van der Waals surface area contributed by atoms with Crippen LogP contribution in [0.3, 0.4) is 0 Å². The van der Waals surface area contributed by atoms with E-state index >= 15 is 0 Å². The predicted octanol–water partition coefficient (Wildman–Crippen LogP) is 12.8. The van der Waals surface area contributed by atoms with Crippen LogP contribution < -0.4 is 4.98 Å². The molecule has 0 saturated carbocycles. The van der Waals surface area contributed by atoms with E-state index in [4.69, 9.17) is 15.0 Å². The van der Waals surface area contributed by atoms with Crippen LogP contribution in [0.15, 0.2) is 170 Å². The number of fused-ring (bicyclic) bond motifs is 7. The SMILES string of the molecule is [2H]C([2H])(c1ccccc1)c1ccc2c(c1)c1ccc(-c3cccc4c3nc(-c3cccc5c3[n-]c3ccccc35)n4-c3ccccc3)[c-]c1n2-c1cc(C(C)(C)C)ccn1.[Pt+2]. The van der Waals surface area contributed by atoms with E-state index in [0.29, 0.717) is 11.1 Å². The van der Waals surface area contributed by atoms with Crippen LogP contribution in [0.4, 0.5) is 0 Å². The number of hydrogen-bond acceptors (Lipinski definition) is 2. The molecular weight excluding hydrogens is 902 g/mol. The van der Waals surface area contributed by atoms with Crippen molar-refractivity contribution in [3.05, 3.63) is 193 Å². The number of pyridine rings is 1. The first-order valence-corrected chi connectivity index (χ1v) is 19.7. The normalized spacial score (nSPS) is 12.7. The summed E-state index contributed by atoms with van der Waals surface area (Å²) in [7, 11) is 0. The summed E-state index contributed by atoms with van der Waals surface area (Å²) in [5.41, 5.74) is 11.6. The molecule has 0 aliphatic carbocycles. The molecule has 0 radical (unpaired) electrons. The molecule has 11 rings (SSSR count). The fourth-order valence-corrected chi connectivity index (χ4v) is 8.43. The van der Waals surface area contributed by atoms with Crippen molar-refractivity contribution in [3.63, 3.8) is 0 Å². The van der Waals surface area contributed by atoms with Crippen molar-refractivity contribution in [3.8, 4) is 34.0 Å². The maximum atomic E-state index is 9.23. The first-order chi connectivity index (χ1) is 29.1. The van der Waals surface area contributed by atoms with Crippen molar-refractivity contribution in [1.29, 1.82) is 0 Å². The number of imidazole rings is 1. The van der Waals surface area contributed by atoms with Crippen molar-refractivity contribution < 1.29 is 23.8 Å². The maximum Gasteiger partial charge on any atom is 2.00 e. The topological polar surface area (TPSA) is 49.7 Å². The summed E-state index contributed by atoms with van der Waals surface area (Å²) in [5.74, 6) is 1.60. The molecule has 6 heteroatoms. The van der Waals surface area contributed by atoms with Crippen LogP contribution in [0.5, 0.6) is 0 Å². The largest absolute Gasteiger partial charge is 2.00 e. The van der Waals surface area contributed by atoms with Gasteiger partial charge in [0, 0.05) is 25.7 Å². The van der Waals surface area contributed by atoms with Gasteiger partial charge < -0.3 is 9.55 Å². The second-order valence-corrected chi connectivity index (χ2v) is 16.0. The Morgan fingerprint density at radius 3 is 2.20 bits per heavy atom. The Hall–Kier alpha value is -6.55. The van der Waals surface area contributed by atoms with Crippen molar-refractivity contribution in [2.75, 3.05) is 0 Å². The second-order valence-electron chi connectivity index (χ2n) is 16.0. The van der Waals surface area contributed by atoms with E-state index in [1.165, 1.54) is 5.56 Å². The Labute approximate surface area is 360 Å². The minimum Gasteiger partial charge on any atom is -0.656 e. The van der Waals surface area contributed by atoms with Crippen molar-refractivity contribution in [2.45, 2.75) is 32.6 Å². The Morgan fingerprint density at radius 2 is 1.37 bits per heavy atom. The van der Waals surface area contributed by atoms with Gasteiger partial charge in [-0.05, 0) is 86.6 Å². The van der Waals surface area contributed by atoms with Crippen LogP contribution in [0.1, 0.15) is 40.2 Å². The number of hydrogen-bond donors (Lipinski definition) is 0. The summed E-state index contributed by atoms with van der Waals surface area (Å²) in [6.07, 6.45) is 0.182. The second kappa shape index (κ2) is 14.4. The molecule has 4 aromatic heterocycles. The molecule has 5 nitrogen and oxygen atoms in total. The van der Waals surface area contributed by atoms with Crippen LogP contribution in [-0.4, -0.2) is 19.1 Å². The molecule has 0 aliphatic heterocycles. The number of rotatable bonds is 6. The number of nitrogens with zero attached hydrogens (tertiary/aromatic N) is 5. The van der Waals surface area contributed by atoms with E-state index in [-0.39, 0.29) is 26.5 Å². The molecule has 0 N–H and O–H groups in total. The molecule has 0 bridgehead atoms. The van der Waals surface area contributed by atoms with Gasteiger partial charge in [0.25, 0.3) is 0 Å². The molecule has 0 saturated heterocycles. The maximum absolute atomic E-state index is 9.23. The smallest absolute Gasteiger partial charge is 0.656 e. The van der Waals surface area contributed by atoms with E-state index < -0.39 is 6.37 Å². The third-order valence-corrected chi connectivity index (χ3v) is 11.3. The summed E-state index contributed by atoms with van der Waals surface area (Å²) < 4.78 is 22.9. The Kier molecular flexibility index (Phi) is 8.40. The molecule has 11 aromatic rings. The van der Waals surface area contributed by atoms with Crippen molar-refractivity contribution in [1.82, 2.24) is 24.1 Å². The molecule has 0 atom stereocenters. The van der Waals surface area contributed by atoms with Gasteiger partial charge in [0.05, 0.1) is 11.0 Å². The monoisotopic (exact) mass is 942 g/mol. The van der Waals surface area contributed by atoms with Crippen LogP contribution in [0.25, 0.3) is 88.7 Å². The molecule has 0 aliphatic rings. The third-order valence-electron chi connectivity index (χ3n) is 11.3. The van der Waals surface area contributed by atoms with Crippen molar-refractivity contribution in [2.24, 2.45) is 0 Å². The van der Waals surface area contributed by atoms with Gasteiger partial charge in [-0.25, -0.2) is 9.97 Å². The average molecular weight is 943 g/mol. The van der Waals surface area contributed by atoms with Crippen molar-refractivity contribution >= 4 is 54.6 Å².